The van der Waals surface area contributed by atoms with E-state index in [4.69, 9.17) is 5.11 Å². The summed E-state index contributed by atoms with van der Waals surface area (Å²) in [6, 6.07) is 0. The molecular weight excluding hydrogens is 136 g/mol. The van der Waals surface area contributed by atoms with Crippen LogP contribution in [0.15, 0.2) is 12.2 Å². The second-order valence-electron chi connectivity index (χ2n) is 1.51. The molecule has 0 aliphatic rings. The van der Waals surface area contributed by atoms with Crippen LogP contribution < -0.4 is 0 Å². The molecule has 0 saturated heterocycles. The van der Waals surface area contributed by atoms with Crippen LogP contribution in [0, 0.1) is 0 Å². The number of methoxy groups -OCH3 is 2. The number of aliphatic hydroxyl groups excluding tert-OH is 1. The lowest BCUT2D eigenvalue weighted by Gasteiger charge is -1.99. The van der Waals surface area contributed by atoms with E-state index in [1.54, 1.807) is 0 Å². The molecule has 0 aromatic rings. The normalized spacial score (nSPS) is 13.5. The second-order valence-corrected chi connectivity index (χ2v) is 1.51. The van der Waals surface area contributed by atoms with Gasteiger partial charge < -0.3 is 14.6 Å². The largest absolute Gasteiger partial charge is 0.466 e. The molecule has 1 N–H and O–H groups in total. The molecule has 0 rings (SSSR count). The maximum Gasteiger partial charge on any atom is 0.330 e. The Morgan fingerprint density at radius 3 is 2.60 bits per heavy atom. The highest BCUT2D eigenvalue weighted by atomic mass is 16.6. The summed E-state index contributed by atoms with van der Waals surface area (Å²) in [5.41, 5.74) is 0. The average Bonchev–Trinajstić information content (AvgIpc) is 1.99. The topological polar surface area (TPSA) is 55.8 Å². The van der Waals surface area contributed by atoms with Gasteiger partial charge in [0.2, 0.25) is 0 Å². The molecule has 0 aliphatic heterocycles. The fourth-order valence-corrected chi connectivity index (χ4v) is 0.307. The van der Waals surface area contributed by atoms with Crippen LogP contribution in [-0.2, 0) is 14.3 Å². The lowest BCUT2D eigenvalue weighted by Crippen LogP contribution is -2.05. The van der Waals surface area contributed by atoms with Gasteiger partial charge in [0.1, 0.15) is 0 Å². The van der Waals surface area contributed by atoms with Crippen LogP contribution in [-0.4, -0.2) is 31.6 Å². The molecule has 1 atom stereocenters. The summed E-state index contributed by atoms with van der Waals surface area (Å²) < 4.78 is 8.66. The monoisotopic (exact) mass is 146 g/mol. The fourth-order valence-electron chi connectivity index (χ4n) is 0.307. The Labute approximate surface area is 59.1 Å². The lowest BCUT2D eigenvalue weighted by atomic mass is 10.5. The smallest absolute Gasteiger partial charge is 0.330 e. The molecule has 1 unspecified atom stereocenters. The van der Waals surface area contributed by atoms with E-state index in [1.807, 2.05) is 0 Å². The SMILES string of the molecule is COC(=O)/C=C\C(O)OC. The van der Waals surface area contributed by atoms with Crippen LogP contribution in [0.2, 0.25) is 0 Å². The highest BCUT2D eigenvalue weighted by Crippen LogP contribution is 1.86. The Hall–Kier alpha value is -0.870. The summed E-state index contributed by atoms with van der Waals surface area (Å²) >= 11 is 0. The van der Waals surface area contributed by atoms with Crippen molar-refractivity contribution in [2.24, 2.45) is 0 Å². The zero-order chi connectivity index (χ0) is 7.98. The van der Waals surface area contributed by atoms with Crippen molar-refractivity contribution in [3.8, 4) is 0 Å². The molecule has 0 aromatic heterocycles. The van der Waals surface area contributed by atoms with E-state index in [2.05, 4.69) is 9.47 Å². The summed E-state index contributed by atoms with van der Waals surface area (Å²) in [5, 5.41) is 8.69. The summed E-state index contributed by atoms with van der Waals surface area (Å²) in [6.45, 7) is 0. The minimum Gasteiger partial charge on any atom is -0.466 e. The highest BCUT2D eigenvalue weighted by molar-refractivity contribution is 5.81. The zero-order valence-corrected chi connectivity index (χ0v) is 5.90. The first-order chi connectivity index (χ1) is 4.70. The molecule has 58 valence electrons. The number of aliphatic hydroxyl groups is 1. The summed E-state index contributed by atoms with van der Waals surface area (Å²) in [6.07, 6.45) is 1.24. The van der Waals surface area contributed by atoms with Crippen LogP contribution in [0.25, 0.3) is 0 Å². The first kappa shape index (κ1) is 9.13. The maximum absolute atomic E-state index is 10.4. The average molecular weight is 146 g/mol. The van der Waals surface area contributed by atoms with Crippen molar-refractivity contribution in [3.05, 3.63) is 12.2 Å². The Morgan fingerprint density at radius 1 is 1.60 bits per heavy atom. The van der Waals surface area contributed by atoms with Gasteiger partial charge >= 0.3 is 5.97 Å². The number of carbonyl (C=O) groups is 1. The van der Waals surface area contributed by atoms with E-state index in [1.165, 1.54) is 20.3 Å². The zero-order valence-electron chi connectivity index (χ0n) is 5.90. The molecule has 0 heterocycles. The predicted octanol–water partition coefficient (Wildman–Crippen LogP) is -0.320. The first-order valence-corrected chi connectivity index (χ1v) is 2.67. The van der Waals surface area contributed by atoms with Crippen LogP contribution in [0.4, 0.5) is 0 Å². The van der Waals surface area contributed by atoms with Crippen LogP contribution in [0.1, 0.15) is 0 Å². The maximum atomic E-state index is 10.4. The van der Waals surface area contributed by atoms with Crippen LogP contribution in [0.5, 0.6) is 0 Å². The van der Waals surface area contributed by atoms with Crippen LogP contribution in [0.3, 0.4) is 0 Å². The highest BCUT2D eigenvalue weighted by Gasteiger charge is 1.95. The van der Waals surface area contributed by atoms with E-state index >= 15 is 0 Å². The molecule has 0 aromatic carbocycles. The third-order valence-corrected chi connectivity index (χ3v) is 0.840. The van der Waals surface area contributed by atoms with E-state index in [-0.39, 0.29) is 0 Å². The van der Waals surface area contributed by atoms with E-state index < -0.39 is 12.3 Å². The summed E-state index contributed by atoms with van der Waals surface area (Å²) in [5.74, 6) is -0.517. The van der Waals surface area contributed by atoms with Crippen molar-refractivity contribution in [1.82, 2.24) is 0 Å². The van der Waals surface area contributed by atoms with Gasteiger partial charge in [-0.1, -0.05) is 0 Å². The van der Waals surface area contributed by atoms with E-state index in [0.717, 1.165) is 6.08 Å². The minimum atomic E-state index is -1.04. The van der Waals surface area contributed by atoms with E-state index in [9.17, 15) is 4.79 Å². The van der Waals surface area contributed by atoms with Gasteiger partial charge in [-0.15, -0.1) is 0 Å². The van der Waals surface area contributed by atoms with Gasteiger partial charge in [-0.05, 0) is 6.08 Å². The Morgan fingerprint density at radius 2 is 2.20 bits per heavy atom. The molecular formula is C6H10O4. The lowest BCUT2D eigenvalue weighted by molar-refractivity contribution is -0.135. The molecule has 0 aliphatic carbocycles. The standard InChI is InChI=1S/C6H10O4/c1-9-5(7)3-4-6(8)10-2/h3-5,7H,1-2H3/b4-3-. The van der Waals surface area contributed by atoms with Gasteiger partial charge in [-0.2, -0.15) is 0 Å². The van der Waals surface area contributed by atoms with Gasteiger partial charge in [0.25, 0.3) is 0 Å². The third kappa shape index (κ3) is 4.05. The van der Waals surface area contributed by atoms with Crippen LogP contribution >= 0.6 is 0 Å². The number of ether oxygens (including phenoxy) is 2. The molecule has 4 nitrogen and oxygen atoms in total. The molecule has 0 bridgehead atoms. The van der Waals surface area contributed by atoms with Gasteiger partial charge in [-0.3, -0.25) is 0 Å². The number of rotatable bonds is 3. The molecule has 4 heteroatoms. The Balaban J connectivity index is 3.63. The molecule has 0 radical (unpaired) electrons. The van der Waals surface area contributed by atoms with Crippen molar-refractivity contribution in [2.75, 3.05) is 14.2 Å². The number of hydrogen-bond acceptors (Lipinski definition) is 4. The van der Waals surface area contributed by atoms with E-state index in [0.29, 0.717) is 0 Å². The van der Waals surface area contributed by atoms with Gasteiger partial charge in [0.15, 0.2) is 6.29 Å². The van der Waals surface area contributed by atoms with Crippen molar-refractivity contribution in [2.45, 2.75) is 6.29 Å². The first-order valence-electron chi connectivity index (χ1n) is 2.67. The minimum absolute atomic E-state index is 0.517. The predicted molar refractivity (Wildman–Crippen MR) is 34.2 cm³/mol. The van der Waals surface area contributed by atoms with Gasteiger partial charge in [-0.25, -0.2) is 4.79 Å². The Kier molecular flexibility index (Phi) is 4.53. The fraction of sp³-hybridized carbons (Fsp3) is 0.500. The molecule has 0 spiro atoms. The molecule has 0 amide bonds. The van der Waals surface area contributed by atoms with Gasteiger partial charge in [0.05, 0.1) is 7.11 Å². The molecule has 0 saturated carbocycles. The summed E-state index contributed by atoms with van der Waals surface area (Å²) in [4.78, 5) is 10.4. The Bertz CT molecular complexity index is 130. The van der Waals surface area contributed by atoms with Crippen molar-refractivity contribution in [1.29, 1.82) is 0 Å². The summed E-state index contributed by atoms with van der Waals surface area (Å²) in [7, 11) is 2.58. The third-order valence-electron chi connectivity index (χ3n) is 0.840. The van der Waals surface area contributed by atoms with Crippen molar-refractivity contribution in [3.63, 3.8) is 0 Å². The number of esters is 1. The number of carbonyl (C=O) groups excluding carboxylic acids is 1. The van der Waals surface area contributed by atoms with Gasteiger partial charge in [0, 0.05) is 13.2 Å². The van der Waals surface area contributed by atoms with Crippen molar-refractivity contribution >= 4 is 5.97 Å². The second kappa shape index (κ2) is 4.96. The molecule has 10 heavy (non-hydrogen) atoms. The quantitative estimate of drug-likeness (QED) is 0.337. The van der Waals surface area contributed by atoms with Crippen molar-refractivity contribution < 1.29 is 19.4 Å². The molecule has 0 fully saturated rings. The number of hydrogen-bond donors (Lipinski definition) is 1.